The average Bonchev–Trinajstić information content (AvgIpc) is 2.68. The first-order valence-corrected chi connectivity index (χ1v) is 7.96. The topological polar surface area (TPSA) is 71.0 Å². The highest BCUT2D eigenvalue weighted by Gasteiger charge is 2.14. The molecule has 1 amide bonds. The van der Waals surface area contributed by atoms with Gasteiger partial charge in [-0.05, 0) is 23.3 Å². The summed E-state index contributed by atoms with van der Waals surface area (Å²) in [4.78, 5) is 26.5. The summed E-state index contributed by atoms with van der Waals surface area (Å²) in [7, 11) is 1.76. The van der Waals surface area contributed by atoms with Gasteiger partial charge in [0.25, 0.3) is 5.91 Å². The number of aromatic nitrogens is 3. The van der Waals surface area contributed by atoms with Gasteiger partial charge < -0.3 is 10.2 Å². The predicted octanol–water partition coefficient (Wildman–Crippen LogP) is 2.76. The van der Waals surface area contributed by atoms with E-state index in [0.29, 0.717) is 24.6 Å². The molecule has 0 aliphatic rings. The number of carbonyl (C=O) groups is 1. The molecule has 126 valence electrons. The molecule has 6 heteroatoms. The molecule has 0 aliphatic heterocycles. The van der Waals surface area contributed by atoms with E-state index in [0.717, 1.165) is 11.1 Å². The van der Waals surface area contributed by atoms with Crippen molar-refractivity contribution in [1.82, 2.24) is 19.9 Å². The Morgan fingerprint density at radius 1 is 1.00 bits per heavy atom. The van der Waals surface area contributed by atoms with Crippen LogP contribution in [0.3, 0.4) is 0 Å². The van der Waals surface area contributed by atoms with Gasteiger partial charge in [0.1, 0.15) is 11.5 Å². The van der Waals surface area contributed by atoms with Crippen LogP contribution in [0.15, 0.2) is 67.3 Å². The minimum atomic E-state index is -0.156. The zero-order chi connectivity index (χ0) is 17.5. The van der Waals surface area contributed by atoms with Gasteiger partial charge in [-0.1, -0.05) is 30.3 Å². The van der Waals surface area contributed by atoms with Crippen molar-refractivity contribution < 1.29 is 4.79 Å². The van der Waals surface area contributed by atoms with Crippen LogP contribution in [0.2, 0.25) is 0 Å². The maximum Gasteiger partial charge on any atom is 0.274 e. The van der Waals surface area contributed by atoms with E-state index in [4.69, 9.17) is 0 Å². The van der Waals surface area contributed by atoms with Crippen LogP contribution in [0.4, 0.5) is 5.82 Å². The van der Waals surface area contributed by atoms with E-state index in [1.165, 1.54) is 6.20 Å². The van der Waals surface area contributed by atoms with Gasteiger partial charge in [0.05, 0.1) is 12.4 Å². The van der Waals surface area contributed by atoms with Crippen LogP contribution in [0.5, 0.6) is 0 Å². The maximum absolute atomic E-state index is 12.4. The van der Waals surface area contributed by atoms with Crippen LogP contribution in [0.1, 0.15) is 21.6 Å². The number of anilines is 1. The van der Waals surface area contributed by atoms with Crippen molar-refractivity contribution in [3.05, 3.63) is 84.1 Å². The second-order valence-electron chi connectivity index (χ2n) is 5.64. The van der Waals surface area contributed by atoms with E-state index >= 15 is 0 Å². The first-order chi connectivity index (χ1) is 12.2. The molecule has 2 aromatic heterocycles. The number of benzene rings is 1. The number of carbonyl (C=O) groups excluding carboxylic acids is 1. The minimum Gasteiger partial charge on any atom is -0.365 e. The van der Waals surface area contributed by atoms with Gasteiger partial charge in [0.15, 0.2) is 0 Å². The molecule has 0 bridgehead atoms. The zero-order valence-corrected chi connectivity index (χ0v) is 14.0. The smallest absolute Gasteiger partial charge is 0.274 e. The molecule has 0 saturated heterocycles. The van der Waals surface area contributed by atoms with E-state index < -0.39 is 0 Å². The van der Waals surface area contributed by atoms with Crippen LogP contribution < -0.4 is 5.32 Å². The molecule has 1 aromatic carbocycles. The molecule has 1 N–H and O–H groups in total. The number of amides is 1. The van der Waals surface area contributed by atoms with E-state index in [1.807, 2.05) is 42.5 Å². The number of pyridine rings is 1. The highest BCUT2D eigenvalue weighted by molar-refractivity contribution is 5.91. The summed E-state index contributed by atoms with van der Waals surface area (Å²) in [6, 6.07) is 13.7. The third-order valence-corrected chi connectivity index (χ3v) is 3.70. The number of hydrogen-bond acceptors (Lipinski definition) is 5. The second kappa shape index (κ2) is 8.01. The fourth-order valence-electron chi connectivity index (χ4n) is 2.35. The van der Waals surface area contributed by atoms with Crippen molar-refractivity contribution in [3.8, 4) is 0 Å². The highest BCUT2D eigenvalue weighted by atomic mass is 16.2. The Balaban J connectivity index is 1.58. The van der Waals surface area contributed by atoms with E-state index in [1.54, 1.807) is 30.5 Å². The van der Waals surface area contributed by atoms with Crippen molar-refractivity contribution >= 4 is 11.7 Å². The summed E-state index contributed by atoms with van der Waals surface area (Å²) in [5, 5.41) is 3.17. The molecule has 25 heavy (non-hydrogen) atoms. The first-order valence-electron chi connectivity index (χ1n) is 7.96. The Kier molecular flexibility index (Phi) is 5.31. The van der Waals surface area contributed by atoms with Crippen LogP contribution in [0, 0.1) is 0 Å². The molecule has 0 unspecified atom stereocenters. The fraction of sp³-hybridized carbons (Fsp3) is 0.158. The van der Waals surface area contributed by atoms with Gasteiger partial charge in [-0.25, -0.2) is 9.97 Å². The Labute approximate surface area is 146 Å². The van der Waals surface area contributed by atoms with Gasteiger partial charge in [-0.3, -0.25) is 9.78 Å². The van der Waals surface area contributed by atoms with Gasteiger partial charge in [-0.2, -0.15) is 0 Å². The summed E-state index contributed by atoms with van der Waals surface area (Å²) in [5.74, 6) is 0.469. The third-order valence-electron chi connectivity index (χ3n) is 3.70. The van der Waals surface area contributed by atoms with Crippen molar-refractivity contribution in [2.45, 2.75) is 13.1 Å². The predicted molar refractivity (Wildman–Crippen MR) is 95.8 cm³/mol. The van der Waals surface area contributed by atoms with Gasteiger partial charge in [0, 0.05) is 32.5 Å². The van der Waals surface area contributed by atoms with Crippen LogP contribution >= 0.6 is 0 Å². The third kappa shape index (κ3) is 4.60. The molecule has 0 fully saturated rings. The first kappa shape index (κ1) is 16.6. The fourth-order valence-corrected chi connectivity index (χ4v) is 2.35. The second-order valence-corrected chi connectivity index (χ2v) is 5.64. The molecular formula is C19H19N5O. The minimum absolute atomic E-state index is 0.156. The van der Waals surface area contributed by atoms with Gasteiger partial charge in [-0.15, -0.1) is 0 Å². The molecule has 0 spiro atoms. The normalized spacial score (nSPS) is 10.3. The van der Waals surface area contributed by atoms with E-state index in [-0.39, 0.29) is 5.91 Å². The Hall–Kier alpha value is -3.28. The molecule has 2 heterocycles. The largest absolute Gasteiger partial charge is 0.365 e. The van der Waals surface area contributed by atoms with Crippen molar-refractivity contribution in [3.63, 3.8) is 0 Å². The molecule has 3 aromatic rings. The van der Waals surface area contributed by atoms with Crippen LogP contribution in [-0.4, -0.2) is 32.8 Å². The van der Waals surface area contributed by atoms with Crippen molar-refractivity contribution in [1.29, 1.82) is 0 Å². The summed E-state index contributed by atoms with van der Waals surface area (Å²) in [6.07, 6.45) is 6.56. The highest BCUT2D eigenvalue weighted by Crippen LogP contribution is 2.08. The summed E-state index contributed by atoms with van der Waals surface area (Å²) < 4.78 is 0. The summed E-state index contributed by atoms with van der Waals surface area (Å²) in [5.41, 5.74) is 2.49. The lowest BCUT2D eigenvalue weighted by Crippen LogP contribution is -2.27. The summed E-state index contributed by atoms with van der Waals surface area (Å²) >= 11 is 0. The molecule has 0 atom stereocenters. The van der Waals surface area contributed by atoms with Crippen molar-refractivity contribution in [2.75, 3.05) is 12.4 Å². The number of rotatable bonds is 6. The number of hydrogen-bond donors (Lipinski definition) is 1. The standard InChI is InChI=1S/C19H19N5O/c1-24(14-16-5-3-2-4-6-16)19(25)17-12-23-18(13-21-17)22-11-15-7-9-20-10-8-15/h2-10,12-13H,11,14H2,1H3,(H,22,23). The zero-order valence-electron chi connectivity index (χ0n) is 14.0. The lowest BCUT2D eigenvalue weighted by molar-refractivity contribution is 0.0779. The lowest BCUT2D eigenvalue weighted by atomic mass is 10.2. The number of nitrogens with one attached hydrogen (secondary N) is 1. The summed E-state index contributed by atoms with van der Waals surface area (Å²) in [6.45, 7) is 1.15. The Bertz CT molecular complexity index is 806. The molecular weight excluding hydrogens is 314 g/mol. The van der Waals surface area contributed by atoms with Crippen molar-refractivity contribution in [2.24, 2.45) is 0 Å². The SMILES string of the molecule is CN(Cc1ccccc1)C(=O)c1cnc(NCc2ccncc2)cn1. The Morgan fingerprint density at radius 3 is 2.44 bits per heavy atom. The quantitative estimate of drug-likeness (QED) is 0.751. The van der Waals surface area contributed by atoms with Gasteiger partial charge in [0.2, 0.25) is 0 Å². The van der Waals surface area contributed by atoms with E-state index in [2.05, 4.69) is 20.3 Å². The molecule has 0 saturated carbocycles. The molecule has 0 radical (unpaired) electrons. The monoisotopic (exact) mass is 333 g/mol. The molecule has 6 nitrogen and oxygen atoms in total. The number of nitrogens with zero attached hydrogens (tertiary/aromatic N) is 4. The van der Waals surface area contributed by atoms with Crippen LogP contribution in [-0.2, 0) is 13.1 Å². The maximum atomic E-state index is 12.4. The average molecular weight is 333 g/mol. The molecule has 3 rings (SSSR count). The lowest BCUT2D eigenvalue weighted by Gasteiger charge is -2.16. The van der Waals surface area contributed by atoms with E-state index in [9.17, 15) is 4.79 Å². The Morgan fingerprint density at radius 2 is 1.76 bits per heavy atom. The molecule has 0 aliphatic carbocycles. The van der Waals surface area contributed by atoms with Gasteiger partial charge >= 0.3 is 0 Å². The van der Waals surface area contributed by atoms with Crippen LogP contribution in [0.25, 0.3) is 0 Å².